The molecule has 2 rings (SSSR count). The molecule has 0 aliphatic heterocycles. The van der Waals surface area contributed by atoms with Gasteiger partial charge < -0.3 is 5.11 Å². The summed E-state index contributed by atoms with van der Waals surface area (Å²) in [5.74, 6) is 0.0855. The zero-order chi connectivity index (χ0) is 10.3. The van der Waals surface area contributed by atoms with Crippen molar-refractivity contribution in [3.8, 4) is 5.75 Å². The zero-order valence-electron chi connectivity index (χ0n) is 7.49. The molecule has 4 heteroatoms. The fourth-order valence-corrected chi connectivity index (χ4v) is 2.39. The van der Waals surface area contributed by atoms with Gasteiger partial charge in [0, 0.05) is 12.3 Å². The summed E-state index contributed by atoms with van der Waals surface area (Å²) in [4.78, 5) is 11.3. The third-order valence-corrected chi connectivity index (χ3v) is 3.10. The minimum Gasteiger partial charge on any atom is -0.505 e. The van der Waals surface area contributed by atoms with Crippen molar-refractivity contribution in [2.24, 2.45) is 0 Å². The summed E-state index contributed by atoms with van der Waals surface area (Å²) in [5, 5.41) is 10.5. The van der Waals surface area contributed by atoms with Crippen LogP contribution in [0.3, 0.4) is 0 Å². The number of hydrogen-bond acceptors (Lipinski definition) is 2. The first kappa shape index (κ1) is 9.51. The molecule has 2 aromatic rings. The second kappa shape index (κ2) is 3.27. The molecule has 0 saturated carbocycles. The zero-order valence-corrected chi connectivity index (χ0v) is 9.65. The Bertz CT molecular complexity index is 516. The predicted molar refractivity (Wildman–Crippen MR) is 62.6 cm³/mol. The lowest BCUT2D eigenvalue weighted by molar-refractivity contribution is 0.0938. The Morgan fingerprint density at radius 2 is 2.07 bits per heavy atom. The first-order valence-corrected chi connectivity index (χ1v) is 5.19. The van der Waals surface area contributed by atoms with Crippen LogP contribution in [0.5, 0.6) is 5.75 Å². The third kappa shape index (κ3) is 1.21. The summed E-state index contributed by atoms with van der Waals surface area (Å²) >= 11 is 1.97. The molecule has 0 radical (unpaired) electrons. The van der Waals surface area contributed by atoms with Gasteiger partial charge in [-0.25, -0.2) is 0 Å². The number of aromatic hydroxyl groups is 1. The summed E-state index contributed by atoms with van der Waals surface area (Å²) < 4.78 is 2.07. The van der Waals surface area contributed by atoms with Gasteiger partial charge in [-0.1, -0.05) is 12.1 Å². The Morgan fingerprint density at radius 3 is 2.71 bits per heavy atom. The van der Waals surface area contributed by atoms with Gasteiger partial charge in [0.2, 0.25) is 5.91 Å². The van der Waals surface area contributed by atoms with E-state index < -0.39 is 0 Å². The molecular weight excluding hydrogens is 293 g/mol. The van der Waals surface area contributed by atoms with E-state index in [0.29, 0.717) is 9.09 Å². The maximum atomic E-state index is 11.3. The summed E-state index contributed by atoms with van der Waals surface area (Å²) in [5.41, 5.74) is 0.752. The Kier molecular flexibility index (Phi) is 2.22. The summed E-state index contributed by atoms with van der Waals surface area (Å²) in [7, 11) is 0. The molecule has 0 aliphatic carbocycles. The molecule has 0 aliphatic rings. The molecule has 1 aromatic carbocycles. The lowest BCUT2D eigenvalue weighted by Crippen LogP contribution is -2.06. The first-order valence-electron chi connectivity index (χ1n) is 4.11. The molecular formula is C10H8INO2. The van der Waals surface area contributed by atoms with Gasteiger partial charge in [0.25, 0.3) is 0 Å². The predicted octanol–water partition coefficient (Wildman–Crippen LogP) is 2.61. The van der Waals surface area contributed by atoms with Crippen LogP contribution in [0, 0.1) is 3.70 Å². The number of nitrogens with zero attached hydrogens (tertiary/aromatic N) is 1. The Labute approximate surface area is 94.5 Å². The van der Waals surface area contributed by atoms with Crippen LogP contribution in [0.4, 0.5) is 0 Å². The first-order chi connectivity index (χ1) is 6.63. The van der Waals surface area contributed by atoms with Gasteiger partial charge in [0.15, 0.2) is 5.75 Å². The van der Waals surface area contributed by atoms with Gasteiger partial charge >= 0.3 is 0 Å². The molecule has 1 heterocycles. The van der Waals surface area contributed by atoms with Crippen molar-refractivity contribution in [3.05, 3.63) is 28.0 Å². The van der Waals surface area contributed by atoms with Crippen molar-refractivity contribution < 1.29 is 9.90 Å². The molecule has 0 spiro atoms. The highest BCUT2D eigenvalue weighted by Gasteiger charge is 2.15. The fourth-order valence-electron chi connectivity index (χ4n) is 1.50. The van der Waals surface area contributed by atoms with Crippen molar-refractivity contribution in [1.29, 1.82) is 0 Å². The number of carbonyl (C=O) groups is 1. The standard InChI is InChI=1S/C10H8INO2/c1-6(13)12-8-5-3-2-4-7(8)9(14)10(12)11/h2-5,14H,1H3. The maximum absolute atomic E-state index is 11.3. The Hall–Kier alpha value is -1.04. The van der Waals surface area contributed by atoms with Gasteiger partial charge in [-0.05, 0) is 34.7 Å². The van der Waals surface area contributed by atoms with E-state index in [9.17, 15) is 9.90 Å². The van der Waals surface area contributed by atoms with E-state index in [1.807, 2.05) is 40.8 Å². The quantitative estimate of drug-likeness (QED) is 0.760. The number of para-hydroxylation sites is 1. The van der Waals surface area contributed by atoms with E-state index in [0.717, 1.165) is 5.52 Å². The van der Waals surface area contributed by atoms with Crippen molar-refractivity contribution >= 4 is 39.4 Å². The monoisotopic (exact) mass is 301 g/mol. The van der Waals surface area contributed by atoms with E-state index in [1.54, 1.807) is 6.07 Å². The highest BCUT2D eigenvalue weighted by atomic mass is 127. The molecule has 1 N–H and O–H groups in total. The van der Waals surface area contributed by atoms with Crippen LogP contribution < -0.4 is 0 Å². The van der Waals surface area contributed by atoms with Crippen LogP contribution >= 0.6 is 22.6 Å². The normalized spacial score (nSPS) is 10.7. The third-order valence-electron chi connectivity index (χ3n) is 2.11. The average molecular weight is 301 g/mol. The van der Waals surface area contributed by atoms with Crippen molar-refractivity contribution in [2.75, 3.05) is 0 Å². The fraction of sp³-hybridized carbons (Fsp3) is 0.100. The number of rotatable bonds is 0. The van der Waals surface area contributed by atoms with Crippen LogP contribution in [0.25, 0.3) is 10.9 Å². The molecule has 0 fully saturated rings. The van der Waals surface area contributed by atoms with Gasteiger partial charge in [-0.3, -0.25) is 9.36 Å². The Balaban J connectivity index is 2.95. The van der Waals surface area contributed by atoms with Gasteiger partial charge in [0.1, 0.15) is 3.70 Å². The second-order valence-electron chi connectivity index (χ2n) is 3.01. The van der Waals surface area contributed by atoms with Crippen molar-refractivity contribution in [1.82, 2.24) is 4.57 Å². The molecule has 72 valence electrons. The highest BCUT2D eigenvalue weighted by molar-refractivity contribution is 14.1. The lowest BCUT2D eigenvalue weighted by Gasteiger charge is -1.99. The molecule has 0 atom stereocenters. The summed E-state index contributed by atoms with van der Waals surface area (Å²) in [6.45, 7) is 1.48. The topological polar surface area (TPSA) is 42.2 Å². The molecule has 0 amide bonds. The van der Waals surface area contributed by atoms with Crippen LogP contribution in [0.15, 0.2) is 24.3 Å². The number of aromatic nitrogens is 1. The number of benzene rings is 1. The highest BCUT2D eigenvalue weighted by Crippen LogP contribution is 2.32. The number of fused-ring (bicyclic) bond motifs is 1. The van der Waals surface area contributed by atoms with Crippen molar-refractivity contribution in [3.63, 3.8) is 0 Å². The minimum absolute atomic E-state index is 0.0918. The largest absolute Gasteiger partial charge is 0.505 e. The van der Waals surface area contributed by atoms with E-state index >= 15 is 0 Å². The smallest absolute Gasteiger partial charge is 0.228 e. The SMILES string of the molecule is CC(=O)n1c(I)c(O)c2ccccc21. The van der Waals surface area contributed by atoms with Gasteiger partial charge in [0.05, 0.1) is 5.52 Å². The van der Waals surface area contributed by atoms with Crippen LogP contribution in [-0.2, 0) is 0 Å². The van der Waals surface area contributed by atoms with Crippen LogP contribution in [-0.4, -0.2) is 15.6 Å². The van der Waals surface area contributed by atoms with Crippen molar-refractivity contribution in [2.45, 2.75) is 6.92 Å². The summed E-state index contributed by atoms with van der Waals surface area (Å²) in [6, 6.07) is 7.30. The van der Waals surface area contributed by atoms with Gasteiger partial charge in [-0.2, -0.15) is 0 Å². The molecule has 0 bridgehead atoms. The molecule has 1 aromatic heterocycles. The lowest BCUT2D eigenvalue weighted by atomic mass is 10.2. The number of halogens is 1. The summed E-state index contributed by atoms with van der Waals surface area (Å²) in [6.07, 6.45) is 0. The maximum Gasteiger partial charge on any atom is 0.228 e. The molecule has 0 unspecified atom stereocenters. The minimum atomic E-state index is -0.0918. The van der Waals surface area contributed by atoms with Crippen LogP contribution in [0.1, 0.15) is 11.7 Å². The molecule has 0 saturated heterocycles. The van der Waals surface area contributed by atoms with E-state index in [2.05, 4.69) is 0 Å². The van der Waals surface area contributed by atoms with Gasteiger partial charge in [-0.15, -0.1) is 0 Å². The number of carbonyl (C=O) groups excluding carboxylic acids is 1. The molecule has 3 nitrogen and oxygen atoms in total. The second-order valence-corrected chi connectivity index (χ2v) is 4.03. The number of hydrogen-bond donors (Lipinski definition) is 1. The Morgan fingerprint density at radius 1 is 1.43 bits per heavy atom. The van der Waals surface area contributed by atoms with Crippen LogP contribution in [0.2, 0.25) is 0 Å². The average Bonchev–Trinajstić information content (AvgIpc) is 2.41. The van der Waals surface area contributed by atoms with E-state index in [-0.39, 0.29) is 11.7 Å². The molecule has 14 heavy (non-hydrogen) atoms. The van der Waals surface area contributed by atoms with E-state index in [4.69, 9.17) is 0 Å². The van der Waals surface area contributed by atoms with E-state index in [1.165, 1.54) is 11.5 Å².